The molecule has 0 aromatic rings. The van der Waals surface area contributed by atoms with E-state index in [1.807, 2.05) is 13.8 Å². The van der Waals surface area contributed by atoms with Crippen LogP contribution >= 0.6 is 0 Å². The number of rotatable bonds is 0. The standard InChI is InChI=1S/C5H12N2.C2H6/c1-2-6-4-5-7-3-1;1-2/h6-7H,1-5H2;1-2H3. The summed E-state index contributed by atoms with van der Waals surface area (Å²) in [7, 11) is 0. The summed E-state index contributed by atoms with van der Waals surface area (Å²) < 4.78 is 0. The van der Waals surface area contributed by atoms with Crippen LogP contribution in [0.4, 0.5) is 0 Å². The molecule has 2 nitrogen and oxygen atoms in total. The van der Waals surface area contributed by atoms with Crippen LogP contribution in [0.5, 0.6) is 0 Å². The third-order valence-corrected chi connectivity index (χ3v) is 1.19. The molecule has 9 heavy (non-hydrogen) atoms. The van der Waals surface area contributed by atoms with E-state index < -0.39 is 0 Å². The lowest BCUT2D eigenvalue weighted by Crippen LogP contribution is -2.21. The number of hydrogen-bond acceptors (Lipinski definition) is 2. The minimum absolute atomic E-state index is 1.14. The van der Waals surface area contributed by atoms with Gasteiger partial charge in [0, 0.05) is 13.1 Å². The van der Waals surface area contributed by atoms with Crippen molar-refractivity contribution in [2.75, 3.05) is 26.2 Å². The van der Waals surface area contributed by atoms with Gasteiger partial charge < -0.3 is 10.6 Å². The maximum Gasteiger partial charge on any atom is 0.00767 e. The molecule has 1 aliphatic rings. The first-order valence-electron chi connectivity index (χ1n) is 3.91. The highest BCUT2D eigenvalue weighted by atomic mass is 15.0. The second kappa shape index (κ2) is 7.92. The molecular weight excluding hydrogens is 112 g/mol. The molecule has 1 rings (SSSR count). The van der Waals surface area contributed by atoms with E-state index in [1.54, 1.807) is 0 Å². The summed E-state index contributed by atoms with van der Waals surface area (Å²) in [6.07, 6.45) is 1.28. The third kappa shape index (κ3) is 5.80. The predicted molar refractivity (Wildman–Crippen MR) is 41.7 cm³/mol. The Balaban J connectivity index is 0.000000291. The van der Waals surface area contributed by atoms with Crippen LogP contribution in [-0.4, -0.2) is 26.2 Å². The normalized spacial score (nSPS) is 19.3. The Kier molecular flexibility index (Phi) is 7.85. The van der Waals surface area contributed by atoms with Crippen LogP contribution in [0, 0.1) is 0 Å². The summed E-state index contributed by atoms with van der Waals surface area (Å²) in [6, 6.07) is 0. The lowest BCUT2D eigenvalue weighted by Gasteiger charge is -1.92. The highest BCUT2D eigenvalue weighted by molar-refractivity contribution is 4.57. The molecule has 0 radical (unpaired) electrons. The molecule has 0 saturated carbocycles. The average Bonchev–Trinajstić information content (AvgIpc) is 2.21. The molecule has 0 aromatic heterocycles. The van der Waals surface area contributed by atoms with E-state index in [4.69, 9.17) is 0 Å². The SMILES string of the molecule is C1CNCCNC1.CC. The molecule has 0 bridgehead atoms. The summed E-state index contributed by atoms with van der Waals surface area (Å²) in [6.45, 7) is 8.65. The average molecular weight is 130 g/mol. The van der Waals surface area contributed by atoms with Gasteiger partial charge in [-0.15, -0.1) is 0 Å². The second-order valence-electron chi connectivity index (χ2n) is 1.85. The molecule has 2 N–H and O–H groups in total. The van der Waals surface area contributed by atoms with Gasteiger partial charge in [0.05, 0.1) is 0 Å². The molecule has 56 valence electrons. The first-order chi connectivity index (χ1) is 4.50. The van der Waals surface area contributed by atoms with E-state index in [0.29, 0.717) is 0 Å². The second-order valence-corrected chi connectivity index (χ2v) is 1.85. The molecule has 0 spiro atoms. The fourth-order valence-corrected chi connectivity index (χ4v) is 0.765. The van der Waals surface area contributed by atoms with Crippen LogP contribution in [0.25, 0.3) is 0 Å². The van der Waals surface area contributed by atoms with Crippen molar-refractivity contribution in [1.82, 2.24) is 10.6 Å². The Labute approximate surface area is 58.0 Å². The van der Waals surface area contributed by atoms with Gasteiger partial charge in [0.15, 0.2) is 0 Å². The molecule has 1 fully saturated rings. The van der Waals surface area contributed by atoms with E-state index in [2.05, 4.69) is 10.6 Å². The maximum atomic E-state index is 3.28. The highest BCUT2D eigenvalue weighted by Crippen LogP contribution is 1.75. The number of nitrogens with one attached hydrogen (secondary N) is 2. The third-order valence-electron chi connectivity index (χ3n) is 1.19. The Morgan fingerprint density at radius 3 is 1.67 bits per heavy atom. The molecule has 0 aromatic carbocycles. The summed E-state index contributed by atoms with van der Waals surface area (Å²) in [5.41, 5.74) is 0. The predicted octanol–water partition coefficient (Wildman–Crippen LogP) is 0.595. The fraction of sp³-hybridized carbons (Fsp3) is 1.00. The Morgan fingerprint density at radius 1 is 0.778 bits per heavy atom. The van der Waals surface area contributed by atoms with Crippen molar-refractivity contribution in [3.63, 3.8) is 0 Å². The van der Waals surface area contributed by atoms with Gasteiger partial charge in [0.2, 0.25) is 0 Å². The van der Waals surface area contributed by atoms with Crippen LogP contribution in [0.2, 0.25) is 0 Å². The van der Waals surface area contributed by atoms with Gasteiger partial charge in [0.1, 0.15) is 0 Å². The van der Waals surface area contributed by atoms with Crippen molar-refractivity contribution >= 4 is 0 Å². The molecule has 1 heterocycles. The monoisotopic (exact) mass is 130 g/mol. The van der Waals surface area contributed by atoms with Gasteiger partial charge in [-0.1, -0.05) is 13.8 Å². The quantitative estimate of drug-likeness (QED) is 0.501. The molecule has 0 unspecified atom stereocenters. The highest BCUT2D eigenvalue weighted by Gasteiger charge is 1.92. The summed E-state index contributed by atoms with van der Waals surface area (Å²) in [5.74, 6) is 0. The topological polar surface area (TPSA) is 24.1 Å². The van der Waals surface area contributed by atoms with Gasteiger partial charge in [0.25, 0.3) is 0 Å². The summed E-state index contributed by atoms with van der Waals surface area (Å²) in [5, 5.41) is 6.57. The van der Waals surface area contributed by atoms with Gasteiger partial charge in [-0.2, -0.15) is 0 Å². The maximum absolute atomic E-state index is 3.28. The Hall–Kier alpha value is -0.0800. The van der Waals surface area contributed by atoms with Crippen LogP contribution < -0.4 is 10.6 Å². The van der Waals surface area contributed by atoms with Crippen LogP contribution in [-0.2, 0) is 0 Å². The molecule has 0 atom stereocenters. The molecule has 0 amide bonds. The molecule has 0 aliphatic carbocycles. The lowest BCUT2D eigenvalue weighted by atomic mass is 10.4. The van der Waals surface area contributed by atoms with Crippen molar-refractivity contribution in [3.05, 3.63) is 0 Å². The van der Waals surface area contributed by atoms with E-state index in [-0.39, 0.29) is 0 Å². The molecule has 1 saturated heterocycles. The minimum Gasteiger partial charge on any atom is -0.315 e. The molecule has 1 aliphatic heterocycles. The first-order valence-corrected chi connectivity index (χ1v) is 3.91. The van der Waals surface area contributed by atoms with E-state index in [0.717, 1.165) is 13.1 Å². The van der Waals surface area contributed by atoms with Gasteiger partial charge in [-0.25, -0.2) is 0 Å². The van der Waals surface area contributed by atoms with E-state index >= 15 is 0 Å². The lowest BCUT2D eigenvalue weighted by molar-refractivity contribution is 0.718. The Morgan fingerprint density at radius 2 is 1.22 bits per heavy atom. The zero-order valence-electron chi connectivity index (χ0n) is 6.54. The summed E-state index contributed by atoms with van der Waals surface area (Å²) >= 11 is 0. The van der Waals surface area contributed by atoms with Crippen molar-refractivity contribution in [2.24, 2.45) is 0 Å². The van der Waals surface area contributed by atoms with Gasteiger partial charge >= 0.3 is 0 Å². The minimum atomic E-state index is 1.14. The Bertz CT molecular complexity index is 26.5. The number of hydrogen-bond donors (Lipinski definition) is 2. The zero-order chi connectivity index (χ0) is 6.95. The molecular formula is C7H18N2. The van der Waals surface area contributed by atoms with Gasteiger partial charge in [-0.3, -0.25) is 0 Å². The zero-order valence-corrected chi connectivity index (χ0v) is 6.54. The van der Waals surface area contributed by atoms with Gasteiger partial charge in [-0.05, 0) is 19.5 Å². The van der Waals surface area contributed by atoms with Crippen molar-refractivity contribution < 1.29 is 0 Å². The van der Waals surface area contributed by atoms with E-state index in [1.165, 1.54) is 19.5 Å². The smallest absolute Gasteiger partial charge is 0.00767 e. The van der Waals surface area contributed by atoms with E-state index in [9.17, 15) is 0 Å². The molecule has 2 heteroatoms. The van der Waals surface area contributed by atoms with Crippen molar-refractivity contribution in [1.29, 1.82) is 0 Å². The van der Waals surface area contributed by atoms with Crippen LogP contribution in [0.15, 0.2) is 0 Å². The van der Waals surface area contributed by atoms with Crippen molar-refractivity contribution in [2.45, 2.75) is 20.3 Å². The van der Waals surface area contributed by atoms with Crippen molar-refractivity contribution in [3.8, 4) is 0 Å². The first kappa shape index (κ1) is 8.92. The summed E-state index contributed by atoms with van der Waals surface area (Å²) in [4.78, 5) is 0. The van der Waals surface area contributed by atoms with Crippen LogP contribution in [0.1, 0.15) is 20.3 Å². The largest absolute Gasteiger partial charge is 0.315 e. The fourth-order valence-electron chi connectivity index (χ4n) is 0.765. The van der Waals surface area contributed by atoms with Crippen LogP contribution in [0.3, 0.4) is 0 Å².